The van der Waals surface area contributed by atoms with Gasteiger partial charge < -0.3 is 9.47 Å². The minimum absolute atomic E-state index is 0.0777. The van der Waals surface area contributed by atoms with Crippen molar-refractivity contribution in [3.63, 3.8) is 0 Å². The molecule has 0 radical (unpaired) electrons. The Bertz CT molecular complexity index is 776. The molecule has 1 aliphatic heterocycles. The molecule has 1 saturated heterocycles. The molecular weight excluding hydrogens is 288 g/mol. The molecule has 3 heteroatoms. The maximum absolute atomic E-state index is 13.0. The zero-order valence-corrected chi connectivity index (χ0v) is 13.6. The number of hydrogen-bond acceptors (Lipinski definition) is 3. The highest BCUT2D eigenvalue weighted by molar-refractivity contribution is 6.07. The van der Waals surface area contributed by atoms with E-state index in [0.29, 0.717) is 6.42 Å². The number of hydrogen-bond donors (Lipinski definition) is 0. The van der Waals surface area contributed by atoms with Gasteiger partial charge in [-0.2, -0.15) is 0 Å². The summed E-state index contributed by atoms with van der Waals surface area (Å²) >= 11 is 0. The molecule has 2 aromatic carbocycles. The fourth-order valence-corrected chi connectivity index (χ4v) is 3.93. The molecule has 0 bridgehead atoms. The molecule has 1 heterocycles. The highest BCUT2D eigenvalue weighted by atomic mass is 16.6. The first kappa shape index (κ1) is 14.5. The largest absolute Gasteiger partial charge is 0.497 e. The van der Waals surface area contributed by atoms with E-state index < -0.39 is 5.60 Å². The molecule has 118 valence electrons. The first-order valence-corrected chi connectivity index (χ1v) is 7.94. The molecule has 0 N–H and O–H groups in total. The molecule has 1 fully saturated rings. The van der Waals surface area contributed by atoms with Crippen LogP contribution in [0.25, 0.3) is 0 Å². The summed E-state index contributed by atoms with van der Waals surface area (Å²) in [6.07, 6.45) is 0.556. The van der Waals surface area contributed by atoms with E-state index in [2.05, 4.69) is 19.9 Å². The Morgan fingerprint density at radius 2 is 1.78 bits per heavy atom. The Morgan fingerprint density at radius 3 is 2.48 bits per heavy atom. The van der Waals surface area contributed by atoms with Crippen LogP contribution in [0.4, 0.5) is 0 Å². The maximum Gasteiger partial charge on any atom is 0.198 e. The topological polar surface area (TPSA) is 38.8 Å². The van der Waals surface area contributed by atoms with Crippen molar-refractivity contribution in [2.75, 3.05) is 7.11 Å². The van der Waals surface area contributed by atoms with Crippen molar-refractivity contribution in [2.45, 2.75) is 37.4 Å². The summed E-state index contributed by atoms with van der Waals surface area (Å²) in [6.45, 7) is 4.37. The van der Waals surface area contributed by atoms with E-state index >= 15 is 0 Å². The van der Waals surface area contributed by atoms with E-state index in [9.17, 15) is 4.79 Å². The number of epoxide rings is 1. The second-order valence-corrected chi connectivity index (χ2v) is 7.10. The van der Waals surface area contributed by atoms with Gasteiger partial charge in [0.1, 0.15) is 11.9 Å². The van der Waals surface area contributed by atoms with Gasteiger partial charge in [-0.05, 0) is 35.1 Å². The van der Waals surface area contributed by atoms with Gasteiger partial charge in [0.2, 0.25) is 0 Å². The van der Waals surface area contributed by atoms with Crippen LogP contribution in [0.3, 0.4) is 0 Å². The van der Waals surface area contributed by atoms with Crippen molar-refractivity contribution < 1.29 is 14.3 Å². The number of methoxy groups -OCH3 is 1. The lowest BCUT2D eigenvalue weighted by Gasteiger charge is -2.35. The normalized spacial score (nSPS) is 27.6. The SMILES string of the molecule is COc1ccc([C@H]2O[C@@]23CC(C)(C)c2ccccc2C3=O)cc1. The molecule has 1 aliphatic carbocycles. The van der Waals surface area contributed by atoms with Gasteiger partial charge in [0.05, 0.1) is 7.11 Å². The van der Waals surface area contributed by atoms with E-state index in [1.165, 1.54) is 0 Å². The predicted molar refractivity (Wildman–Crippen MR) is 88.0 cm³/mol. The third-order valence-electron chi connectivity index (χ3n) is 5.10. The quantitative estimate of drug-likeness (QED) is 0.785. The number of ketones is 1. The summed E-state index contributed by atoms with van der Waals surface area (Å²) in [4.78, 5) is 13.0. The monoisotopic (exact) mass is 308 g/mol. The molecule has 23 heavy (non-hydrogen) atoms. The molecule has 4 rings (SSSR count). The standard InChI is InChI=1S/C20H20O3/c1-19(2)12-20(17(21)15-6-4-5-7-16(15)19)18(23-20)13-8-10-14(22-3)11-9-13/h4-11,18H,12H2,1-3H3/t18-,20-/m1/s1. The summed E-state index contributed by atoms with van der Waals surface area (Å²) in [5.74, 6) is 0.928. The van der Waals surface area contributed by atoms with Gasteiger partial charge in [-0.1, -0.05) is 50.2 Å². The van der Waals surface area contributed by atoms with Crippen LogP contribution in [-0.4, -0.2) is 18.5 Å². The van der Waals surface area contributed by atoms with E-state index in [0.717, 1.165) is 22.4 Å². The summed E-state index contributed by atoms with van der Waals surface area (Å²) in [5, 5.41) is 0. The fourth-order valence-electron chi connectivity index (χ4n) is 3.93. The lowest BCUT2D eigenvalue weighted by atomic mass is 9.66. The number of Topliss-reactive ketones (excluding diaryl/α,β-unsaturated/α-hetero) is 1. The van der Waals surface area contributed by atoms with Crippen LogP contribution in [0.5, 0.6) is 5.75 Å². The lowest BCUT2D eigenvalue weighted by Crippen LogP contribution is -2.40. The zero-order valence-electron chi connectivity index (χ0n) is 13.6. The molecule has 2 aromatic rings. The summed E-state index contributed by atoms with van der Waals surface area (Å²) in [6, 6.07) is 15.7. The third-order valence-corrected chi connectivity index (χ3v) is 5.10. The maximum atomic E-state index is 13.0. The number of rotatable bonds is 2. The number of ether oxygens (including phenoxy) is 2. The number of carbonyl (C=O) groups excluding carboxylic acids is 1. The minimum Gasteiger partial charge on any atom is -0.497 e. The van der Waals surface area contributed by atoms with Gasteiger partial charge >= 0.3 is 0 Å². The van der Waals surface area contributed by atoms with Gasteiger partial charge in [-0.15, -0.1) is 0 Å². The average molecular weight is 308 g/mol. The zero-order chi connectivity index (χ0) is 16.2. The molecule has 2 atom stereocenters. The van der Waals surface area contributed by atoms with Crippen molar-refractivity contribution in [3.05, 3.63) is 65.2 Å². The van der Waals surface area contributed by atoms with Crippen LogP contribution < -0.4 is 4.74 Å². The van der Waals surface area contributed by atoms with Crippen LogP contribution in [0.15, 0.2) is 48.5 Å². The highest BCUT2D eigenvalue weighted by Crippen LogP contribution is 2.60. The molecule has 1 spiro atoms. The van der Waals surface area contributed by atoms with Crippen molar-refractivity contribution in [1.82, 2.24) is 0 Å². The molecule has 0 saturated carbocycles. The Kier molecular flexibility index (Phi) is 2.94. The molecule has 2 aliphatic rings. The smallest absolute Gasteiger partial charge is 0.198 e. The van der Waals surface area contributed by atoms with E-state index in [1.807, 2.05) is 42.5 Å². The first-order chi connectivity index (χ1) is 11.0. The molecule has 0 amide bonds. The van der Waals surface area contributed by atoms with Gasteiger partial charge in [0, 0.05) is 5.56 Å². The van der Waals surface area contributed by atoms with Crippen molar-refractivity contribution in [2.24, 2.45) is 0 Å². The van der Waals surface area contributed by atoms with Gasteiger partial charge in [-0.3, -0.25) is 4.79 Å². The van der Waals surface area contributed by atoms with Crippen molar-refractivity contribution >= 4 is 5.78 Å². The predicted octanol–water partition coefficient (Wildman–Crippen LogP) is 4.07. The molecule has 0 aromatic heterocycles. The lowest BCUT2D eigenvalue weighted by molar-refractivity contribution is 0.0812. The Hall–Kier alpha value is -2.13. The van der Waals surface area contributed by atoms with Gasteiger partial charge in [0.25, 0.3) is 0 Å². The van der Waals surface area contributed by atoms with E-state index in [4.69, 9.17) is 9.47 Å². The molecular formula is C20H20O3. The van der Waals surface area contributed by atoms with E-state index in [-0.39, 0.29) is 17.3 Å². The highest BCUT2D eigenvalue weighted by Gasteiger charge is 2.66. The van der Waals surface area contributed by atoms with Crippen LogP contribution in [0.2, 0.25) is 0 Å². The summed E-state index contributed by atoms with van der Waals surface area (Å²) in [7, 11) is 1.65. The summed E-state index contributed by atoms with van der Waals surface area (Å²) < 4.78 is 11.2. The number of carbonyl (C=O) groups is 1. The van der Waals surface area contributed by atoms with Crippen LogP contribution in [0.1, 0.15) is 47.9 Å². The first-order valence-electron chi connectivity index (χ1n) is 7.94. The third kappa shape index (κ3) is 2.03. The Labute approximate surface area is 136 Å². The average Bonchev–Trinajstić information content (AvgIpc) is 3.27. The Balaban J connectivity index is 1.72. The van der Waals surface area contributed by atoms with Crippen LogP contribution in [-0.2, 0) is 10.2 Å². The minimum atomic E-state index is -0.702. The second kappa shape index (κ2) is 4.68. The van der Waals surface area contributed by atoms with Crippen LogP contribution >= 0.6 is 0 Å². The van der Waals surface area contributed by atoms with Crippen molar-refractivity contribution in [1.29, 1.82) is 0 Å². The second-order valence-electron chi connectivity index (χ2n) is 7.10. The van der Waals surface area contributed by atoms with Crippen LogP contribution in [0, 0.1) is 0 Å². The Morgan fingerprint density at radius 1 is 1.09 bits per heavy atom. The number of benzene rings is 2. The van der Waals surface area contributed by atoms with Gasteiger partial charge in [-0.25, -0.2) is 0 Å². The van der Waals surface area contributed by atoms with E-state index in [1.54, 1.807) is 7.11 Å². The fraction of sp³-hybridized carbons (Fsp3) is 0.350. The summed E-state index contributed by atoms with van der Waals surface area (Å²) in [5.41, 5.74) is 2.19. The molecule has 0 unspecified atom stereocenters. The van der Waals surface area contributed by atoms with Gasteiger partial charge in [0.15, 0.2) is 11.4 Å². The molecule has 3 nitrogen and oxygen atoms in total. The number of fused-ring (bicyclic) bond motifs is 1. The van der Waals surface area contributed by atoms with Crippen molar-refractivity contribution in [3.8, 4) is 5.75 Å².